The number of hydrogen-bond acceptors (Lipinski definition) is 3. The summed E-state index contributed by atoms with van der Waals surface area (Å²) in [5.41, 5.74) is 0. The van der Waals surface area contributed by atoms with E-state index in [4.69, 9.17) is 16.3 Å². The fourth-order valence-electron chi connectivity index (χ4n) is 2.75. The van der Waals surface area contributed by atoms with Crippen LogP contribution in [0.15, 0.2) is 24.3 Å². The zero-order valence-corrected chi connectivity index (χ0v) is 14.3. The largest absolute Gasteiger partial charge is 0.484 e. The van der Waals surface area contributed by atoms with Crippen molar-refractivity contribution in [3.63, 3.8) is 0 Å². The number of nitrogens with one attached hydrogen (secondary N) is 2. The van der Waals surface area contributed by atoms with Gasteiger partial charge in [0.05, 0.1) is 26.2 Å². The molecule has 0 bridgehead atoms. The molecular formula is C17H23ClN3O3+. The molecule has 6 nitrogen and oxygen atoms in total. The zero-order chi connectivity index (χ0) is 16.9. The first kappa shape index (κ1) is 17.0. The van der Waals surface area contributed by atoms with E-state index in [1.54, 1.807) is 29.2 Å². The lowest BCUT2D eigenvalue weighted by Crippen LogP contribution is -3.15. The minimum absolute atomic E-state index is 0.0218. The van der Waals surface area contributed by atoms with Gasteiger partial charge in [0.2, 0.25) is 0 Å². The first-order chi connectivity index (χ1) is 11.6. The summed E-state index contributed by atoms with van der Waals surface area (Å²) in [7, 11) is 0. The molecule has 130 valence electrons. The van der Waals surface area contributed by atoms with Crippen molar-refractivity contribution in [2.45, 2.75) is 18.9 Å². The molecule has 0 unspecified atom stereocenters. The van der Waals surface area contributed by atoms with Gasteiger partial charge in [-0.25, -0.2) is 0 Å². The zero-order valence-electron chi connectivity index (χ0n) is 13.6. The van der Waals surface area contributed by atoms with Crippen LogP contribution in [0.4, 0.5) is 0 Å². The summed E-state index contributed by atoms with van der Waals surface area (Å²) in [6, 6.07) is 7.36. The van der Waals surface area contributed by atoms with E-state index in [0.717, 1.165) is 25.9 Å². The quantitative estimate of drug-likeness (QED) is 0.740. The highest BCUT2D eigenvalue weighted by atomic mass is 35.5. The smallest absolute Gasteiger partial charge is 0.275 e. The molecule has 0 spiro atoms. The van der Waals surface area contributed by atoms with Crippen LogP contribution in [0.1, 0.15) is 12.8 Å². The molecule has 3 rings (SSSR count). The van der Waals surface area contributed by atoms with Gasteiger partial charge in [-0.05, 0) is 37.1 Å². The van der Waals surface area contributed by atoms with E-state index in [1.807, 2.05) is 0 Å². The Morgan fingerprint density at radius 2 is 1.88 bits per heavy atom. The maximum Gasteiger partial charge on any atom is 0.275 e. The van der Waals surface area contributed by atoms with Gasteiger partial charge in [-0.2, -0.15) is 0 Å². The number of piperazine rings is 1. The van der Waals surface area contributed by atoms with Crippen LogP contribution in [0.25, 0.3) is 0 Å². The highest BCUT2D eigenvalue weighted by Crippen LogP contribution is 2.18. The average molecular weight is 353 g/mol. The van der Waals surface area contributed by atoms with Crippen molar-refractivity contribution < 1.29 is 19.2 Å². The summed E-state index contributed by atoms with van der Waals surface area (Å²) in [6.07, 6.45) is 2.22. The third-order valence-electron chi connectivity index (χ3n) is 4.35. The second kappa shape index (κ2) is 7.85. The van der Waals surface area contributed by atoms with E-state index in [0.29, 0.717) is 36.4 Å². The number of ether oxygens (including phenoxy) is 1. The number of benzene rings is 1. The van der Waals surface area contributed by atoms with Crippen LogP contribution in [0, 0.1) is 0 Å². The van der Waals surface area contributed by atoms with Gasteiger partial charge in [-0.3, -0.25) is 9.59 Å². The van der Waals surface area contributed by atoms with Gasteiger partial charge in [0.25, 0.3) is 11.8 Å². The monoisotopic (exact) mass is 352 g/mol. The summed E-state index contributed by atoms with van der Waals surface area (Å²) in [5, 5.41) is 3.65. The minimum Gasteiger partial charge on any atom is -0.484 e. The lowest BCUT2D eigenvalue weighted by molar-refractivity contribution is -0.896. The first-order valence-corrected chi connectivity index (χ1v) is 8.77. The molecule has 1 heterocycles. The molecule has 0 radical (unpaired) electrons. The van der Waals surface area contributed by atoms with Gasteiger partial charge in [0.1, 0.15) is 5.75 Å². The standard InChI is InChI=1S/C17H22ClN3O3/c18-13-1-5-15(6-2-13)24-12-17(23)21-9-7-20(8-10-21)11-16(22)19-14-3-4-14/h1-2,5-6,14H,3-4,7-12H2,(H,19,22)/p+1. The molecule has 2 fully saturated rings. The van der Waals surface area contributed by atoms with Gasteiger partial charge >= 0.3 is 0 Å². The predicted molar refractivity (Wildman–Crippen MR) is 90.3 cm³/mol. The number of hydrogen-bond donors (Lipinski definition) is 2. The highest BCUT2D eigenvalue weighted by Gasteiger charge is 2.28. The van der Waals surface area contributed by atoms with Crippen LogP contribution in [-0.2, 0) is 9.59 Å². The van der Waals surface area contributed by atoms with Gasteiger partial charge in [-0.15, -0.1) is 0 Å². The van der Waals surface area contributed by atoms with E-state index in [-0.39, 0.29) is 18.4 Å². The predicted octanol–water partition coefficient (Wildman–Crippen LogP) is -0.275. The van der Waals surface area contributed by atoms with Gasteiger partial charge in [-0.1, -0.05) is 11.6 Å². The lowest BCUT2D eigenvalue weighted by atomic mass is 10.3. The fraction of sp³-hybridized carbons (Fsp3) is 0.529. The van der Waals surface area contributed by atoms with Gasteiger partial charge < -0.3 is 19.9 Å². The molecule has 7 heteroatoms. The highest BCUT2D eigenvalue weighted by molar-refractivity contribution is 6.30. The number of halogens is 1. The summed E-state index contributed by atoms with van der Waals surface area (Å²) < 4.78 is 5.50. The van der Waals surface area contributed by atoms with Crippen molar-refractivity contribution in [3.05, 3.63) is 29.3 Å². The third-order valence-corrected chi connectivity index (χ3v) is 4.60. The van der Waals surface area contributed by atoms with Crippen LogP contribution in [0.3, 0.4) is 0 Å². The molecule has 0 atom stereocenters. The number of carbonyl (C=O) groups excluding carboxylic acids is 2. The Morgan fingerprint density at radius 1 is 1.21 bits per heavy atom. The molecule has 24 heavy (non-hydrogen) atoms. The van der Waals surface area contributed by atoms with Crippen LogP contribution < -0.4 is 15.0 Å². The summed E-state index contributed by atoms with van der Waals surface area (Å²) in [5.74, 6) is 0.735. The molecule has 0 aromatic heterocycles. The third kappa shape index (κ3) is 5.11. The molecule has 1 aliphatic carbocycles. The van der Waals surface area contributed by atoms with E-state index < -0.39 is 0 Å². The number of rotatable bonds is 6. The number of amides is 2. The van der Waals surface area contributed by atoms with Crippen LogP contribution in [0.2, 0.25) is 5.02 Å². The topological polar surface area (TPSA) is 63.1 Å². The molecule has 1 aromatic carbocycles. The fourth-order valence-corrected chi connectivity index (χ4v) is 2.88. The Bertz CT molecular complexity index is 581. The summed E-state index contributed by atoms with van der Waals surface area (Å²) in [6.45, 7) is 3.44. The summed E-state index contributed by atoms with van der Waals surface area (Å²) in [4.78, 5) is 27.1. The van der Waals surface area contributed by atoms with E-state index in [9.17, 15) is 9.59 Å². The Kier molecular flexibility index (Phi) is 5.58. The SMILES string of the molecule is O=C(C[NH+]1CCN(C(=O)COc2ccc(Cl)cc2)CC1)NC1CC1. The molecule has 1 saturated heterocycles. The van der Waals surface area contributed by atoms with E-state index >= 15 is 0 Å². The van der Waals surface area contributed by atoms with E-state index in [1.165, 1.54) is 4.90 Å². The van der Waals surface area contributed by atoms with Crippen molar-refractivity contribution in [1.82, 2.24) is 10.2 Å². The first-order valence-electron chi connectivity index (χ1n) is 8.39. The Morgan fingerprint density at radius 3 is 2.50 bits per heavy atom. The van der Waals surface area contributed by atoms with Crippen molar-refractivity contribution in [2.75, 3.05) is 39.3 Å². The van der Waals surface area contributed by atoms with Gasteiger partial charge in [0, 0.05) is 11.1 Å². The molecule has 2 N–H and O–H groups in total. The Labute approximate surface area is 146 Å². The van der Waals surface area contributed by atoms with Crippen molar-refractivity contribution in [3.8, 4) is 5.75 Å². The van der Waals surface area contributed by atoms with Crippen LogP contribution in [-0.4, -0.2) is 62.1 Å². The second-order valence-electron chi connectivity index (χ2n) is 6.39. The van der Waals surface area contributed by atoms with Crippen molar-refractivity contribution in [1.29, 1.82) is 0 Å². The second-order valence-corrected chi connectivity index (χ2v) is 6.83. The molecule has 1 saturated carbocycles. The van der Waals surface area contributed by atoms with Crippen LogP contribution >= 0.6 is 11.6 Å². The van der Waals surface area contributed by atoms with Gasteiger partial charge in [0.15, 0.2) is 13.2 Å². The Balaban J connectivity index is 1.36. The number of quaternary nitrogens is 1. The maximum atomic E-state index is 12.2. The normalized spacial score (nSPS) is 18.3. The lowest BCUT2D eigenvalue weighted by Gasteiger charge is -2.31. The number of carbonyl (C=O) groups is 2. The molecule has 1 aliphatic heterocycles. The molecule has 1 aromatic rings. The maximum absolute atomic E-state index is 12.2. The van der Waals surface area contributed by atoms with Crippen molar-refractivity contribution in [2.24, 2.45) is 0 Å². The average Bonchev–Trinajstić information content (AvgIpc) is 3.38. The van der Waals surface area contributed by atoms with Crippen molar-refractivity contribution >= 4 is 23.4 Å². The number of nitrogens with zero attached hydrogens (tertiary/aromatic N) is 1. The molecular weight excluding hydrogens is 330 g/mol. The summed E-state index contributed by atoms with van der Waals surface area (Å²) >= 11 is 5.82. The Hall–Kier alpha value is -1.79. The molecule has 2 aliphatic rings. The van der Waals surface area contributed by atoms with Crippen LogP contribution in [0.5, 0.6) is 5.75 Å². The van der Waals surface area contributed by atoms with E-state index in [2.05, 4.69) is 5.32 Å². The molecule has 2 amide bonds. The minimum atomic E-state index is -0.0218.